The number of benzene rings is 1. The van der Waals surface area contributed by atoms with Crippen molar-refractivity contribution in [1.29, 1.82) is 10.5 Å². The van der Waals surface area contributed by atoms with Crippen molar-refractivity contribution in [3.63, 3.8) is 0 Å². The van der Waals surface area contributed by atoms with Gasteiger partial charge in [0.05, 0.1) is 11.4 Å². The molecule has 1 aromatic heterocycles. The number of tetrazole rings is 1. The lowest BCUT2D eigenvalue weighted by Crippen LogP contribution is -2.00. The van der Waals surface area contributed by atoms with Gasteiger partial charge in [0.25, 0.3) is 0 Å². The van der Waals surface area contributed by atoms with Crippen molar-refractivity contribution in [2.75, 3.05) is 5.43 Å². The Hall–Kier alpha value is -3.26. The predicted octanol–water partition coefficient (Wildman–Crippen LogP) is 0.786. The van der Waals surface area contributed by atoms with Crippen LogP contribution in [-0.2, 0) is 0 Å². The third-order valence-corrected chi connectivity index (χ3v) is 2.33. The van der Waals surface area contributed by atoms with Crippen molar-refractivity contribution in [3.8, 4) is 17.8 Å². The van der Waals surface area contributed by atoms with E-state index in [1.165, 1.54) is 11.0 Å². The van der Waals surface area contributed by atoms with Crippen LogP contribution in [0.2, 0.25) is 0 Å². The Morgan fingerprint density at radius 1 is 1.37 bits per heavy atom. The summed E-state index contributed by atoms with van der Waals surface area (Å²) < 4.78 is 1.49. The van der Waals surface area contributed by atoms with Gasteiger partial charge in [-0.3, -0.25) is 5.43 Å². The number of hydrazone groups is 1. The Bertz CT molecular complexity index is 670. The van der Waals surface area contributed by atoms with Gasteiger partial charge in [-0.25, -0.2) is 4.68 Å². The molecule has 0 spiro atoms. The lowest BCUT2D eigenvalue weighted by molar-refractivity contribution is 0.789. The van der Waals surface area contributed by atoms with E-state index in [0.717, 1.165) is 11.3 Å². The van der Waals surface area contributed by atoms with Crippen LogP contribution in [0.25, 0.3) is 5.69 Å². The first-order valence-corrected chi connectivity index (χ1v) is 5.22. The summed E-state index contributed by atoms with van der Waals surface area (Å²) in [7, 11) is 0. The second-order valence-corrected chi connectivity index (χ2v) is 3.55. The molecule has 1 aromatic carbocycles. The molecule has 0 atom stereocenters. The summed E-state index contributed by atoms with van der Waals surface area (Å²) in [5.41, 5.74) is 4.75. The molecule has 8 heteroatoms. The van der Waals surface area contributed by atoms with E-state index in [-0.39, 0.29) is 5.71 Å². The van der Waals surface area contributed by atoms with Crippen molar-refractivity contribution < 1.29 is 0 Å². The fourth-order valence-electron chi connectivity index (χ4n) is 1.34. The van der Waals surface area contributed by atoms with Crippen molar-refractivity contribution >= 4 is 11.4 Å². The molecule has 0 amide bonds. The van der Waals surface area contributed by atoms with Gasteiger partial charge in [-0.1, -0.05) is 6.07 Å². The van der Waals surface area contributed by atoms with E-state index in [0.29, 0.717) is 5.69 Å². The molecule has 0 aliphatic rings. The predicted molar refractivity (Wildman–Crippen MR) is 66.2 cm³/mol. The molecule has 0 unspecified atom stereocenters. The minimum atomic E-state index is -0.243. The number of hydrogen-bond acceptors (Lipinski definition) is 7. The van der Waals surface area contributed by atoms with Crippen molar-refractivity contribution in [3.05, 3.63) is 30.1 Å². The lowest BCUT2D eigenvalue weighted by atomic mass is 10.2. The highest BCUT2D eigenvalue weighted by molar-refractivity contribution is 6.10. The molecule has 2 rings (SSSR count). The fraction of sp³-hybridized carbons (Fsp3) is 0.0909. The van der Waals surface area contributed by atoms with Crippen LogP contribution >= 0.6 is 0 Å². The first-order chi connectivity index (χ1) is 9.24. The van der Waals surface area contributed by atoms with Crippen LogP contribution in [0.15, 0.2) is 29.6 Å². The highest BCUT2D eigenvalue weighted by Crippen LogP contribution is 2.18. The van der Waals surface area contributed by atoms with Gasteiger partial charge in [-0.15, -0.1) is 5.10 Å². The number of aryl methyl sites for hydroxylation is 1. The molecule has 0 radical (unpaired) electrons. The van der Waals surface area contributed by atoms with E-state index in [1.54, 1.807) is 18.2 Å². The third kappa shape index (κ3) is 2.70. The normalized spacial score (nSPS) is 9.21. The molecule has 92 valence electrons. The topological polar surface area (TPSA) is 116 Å². The average molecular weight is 252 g/mol. The number of nitrogens with zero attached hydrogens (tertiary/aromatic N) is 7. The molecule has 0 fully saturated rings. The standard InChI is InChI=1S/C11H8N8/c1-8-2-3-10(19-7-14-17-18-19)4-11(8)16-15-9(5-12)6-13/h2-4,7,16H,1H3. The Labute approximate surface area is 108 Å². The Kier molecular flexibility index (Phi) is 3.46. The maximum Gasteiger partial charge on any atom is 0.237 e. The zero-order valence-corrected chi connectivity index (χ0v) is 9.94. The van der Waals surface area contributed by atoms with Crippen LogP contribution in [0.4, 0.5) is 5.69 Å². The number of hydrogen-bond donors (Lipinski definition) is 1. The monoisotopic (exact) mass is 252 g/mol. The number of anilines is 1. The van der Waals surface area contributed by atoms with Gasteiger partial charge >= 0.3 is 0 Å². The lowest BCUT2D eigenvalue weighted by Gasteiger charge is -2.07. The van der Waals surface area contributed by atoms with Gasteiger partial charge in [0, 0.05) is 0 Å². The summed E-state index contributed by atoms with van der Waals surface area (Å²) in [4.78, 5) is 0. The van der Waals surface area contributed by atoms with Gasteiger partial charge in [0.1, 0.15) is 18.5 Å². The largest absolute Gasteiger partial charge is 0.276 e. The molecule has 1 heterocycles. The molecule has 8 nitrogen and oxygen atoms in total. The molecular formula is C11H8N8. The van der Waals surface area contributed by atoms with Gasteiger partial charge in [0.2, 0.25) is 5.71 Å². The van der Waals surface area contributed by atoms with Crippen LogP contribution in [0.5, 0.6) is 0 Å². The first-order valence-electron chi connectivity index (χ1n) is 5.22. The highest BCUT2D eigenvalue weighted by Gasteiger charge is 2.03. The summed E-state index contributed by atoms with van der Waals surface area (Å²) in [5.74, 6) is 0. The minimum Gasteiger partial charge on any atom is -0.276 e. The van der Waals surface area contributed by atoms with Gasteiger partial charge in [-0.2, -0.15) is 15.6 Å². The Morgan fingerprint density at radius 3 is 2.79 bits per heavy atom. The van der Waals surface area contributed by atoms with Gasteiger partial charge < -0.3 is 0 Å². The number of rotatable bonds is 3. The zero-order chi connectivity index (χ0) is 13.7. The van der Waals surface area contributed by atoms with Crippen molar-refractivity contribution in [1.82, 2.24) is 20.2 Å². The highest BCUT2D eigenvalue weighted by atomic mass is 15.5. The number of nitrogens with one attached hydrogen (secondary N) is 1. The molecular weight excluding hydrogens is 244 g/mol. The van der Waals surface area contributed by atoms with Crippen LogP contribution < -0.4 is 5.43 Å². The summed E-state index contributed by atoms with van der Waals surface area (Å²) in [6, 6.07) is 8.81. The molecule has 19 heavy (non-hydrogen) atoms. The maximum atomic E-state index is 8.60. The molecule has 0 saturated carbocycles. The van der Waals surface area contributed by atoms with E-state index in [2.05, 4.69) is 26.1 Å². The fourth-order valence-corrected chi connectivity index (χ4v) is 1.34. The summed E-state index contributed by atoms with van der Waals surface area (Å²) >= 11 is 0. The first kappa shape index (κ1) is 12.2. The van der Waals surface area contributed by atoms with Crippen LogP contribution in [0.3, 0.4) is 0 Å². The quantitative estimate of drug-likeness (QED) is 0.637. The molecule has 2 aromatic rings. The Balaban J connectivity index is 2.32. The van der Waals surface area contributed by atoms with Crippen molar-refractivity contribution in [2.45, 2.75) is 6.92 Å². The van der Waals surface area contributed by atoms with Gasteiger partial charge in [0.15, 0.2) is 0 Å². The van der Waals surface area contributed by atoms with Crippen molar-refractivity contribution in [2.24, 2.45) is 5.10 Å². The summed E-state index contributed by atoms with van der Waals surface area (Å²) in [6.45, 7) is 1.87. The molecule has 0 bridgehead atoms. The van der Waals surface area contributed by atoms with E-state index >= 15 is 0 Å². The SMILES string of the molecule is Cc1ccc(-n2cnnn2)cc1NN=C(C#N)C#N. The van der Waals surface area contributed by atoms with Gasteiger partial charge in [-0.05, 0) is 35.0 Å². The minimum absolute atomic E-state index is 0.243. The van der Waals surface area contributed by atoms with Crippen LogP contribution in [-0.4, -0.2) is 25.9 Å². The third-order valence-electron chi connectivity index (χ3n) is 2.33. The van der Waals surface area contributed by atoms with Crippen LogP contribution in [0, 0.1) is 29.6 Å². The number of aromatic nitrogens is 4. The molecule has 0 aliphatic heterocycles. The summed E-state index contributed by atoms with van der Waals surface area (Å²) in [5, 5.41) is 31.8. The second kappa shape index (κ2) is 5.38. The number of nitriles is 2. The Morgan fingerprint density at radius 2 is 2.16 bits per heavy atom. The maximum absolute atomic E-state index is 8.60. The zero-order valence-electron chi connectivity index (χ0n) is 9.94. The molecule has 0 saturated heterocycles. The second-order valence-electron chi connectivity index (χ2n) is 3.55. The average Bonchev–Trinajstić information content (AvgIpc) is 2.96. The van der Waals surface area contributed by atoms with E-state index in [4.69, 9.17) is 10.5 Å². The summed E-state index contributed by atoms with van der Waals surface area (Å²) in [6.07, 6.45) is 1.47. The smallest absolute Gasteiger partial charge is 0.237 e. The van der Waals surface area contributed by atoms with Crippen LogP contribution in [0.1, 0.15) is 5.56 Å². The molecule has 0 aliphatic carbocycles. The van der Waals surface area contributed by atoms with E-state index in [9.17, 15) is 0 Å². The molecule has 1 N–H and O–H groups in total. The van der Waals surface area contributed by atoms with E-state index in [1.807, 2.05) is 19.1 Å². The van der Waals surface area contributed by atoms with E-state index < -0.39 is 0 Å².